The fraction of sp³-hybridized carbons (Fsp3) is 0.167. The molecule has 0 radical (unpaired) electrons. The molecule has 3 rings (SSSR count). The molecule has 0 bridgehead atoms. The number of carbonyl (C=O) groups excluding carboxylic acids is 1. The van der Waals surface area contributed by atoms with Crippen molar-refractivity contribution in [2.75, 3.05) is 5.32 Å². The molecule has 3 heterocycles. The lowest BCUT2D eigenvalue weighted by Gasteiger charge is -2.04. The van der Waals surface area contributed by atoms with Crippen molar-refractivity contribution in [3.05, 3.63) is 46.4 Å². The minimum absolute atomic E-state index is 0.147. The molecule has 2 N–H and O–H groups in total. The average Bonchev–Trinajstić information content (AvgIpc) is 3.07. The molecule has 0 unspecified atom stereocenters. The Bertz CT molecular complexity index is 815. The second kappa shape index (κ2) is 4.65. The maximum absolute atomic E-state index is 11.9. The highest BCUT2D eigenvalue weighted by molar-refractivity contribution is 6.01. The summed E-state index contributed by atoms with van der Waals surface area (Å²) in [5.74, 6) is 0.770. The maximum Gasteiger partial charge on any atom is 0.292 e. The van der Waals surface area contributed by atoms with Gasteiger partial charge < -0.3 is 9.73 Å². The first-order chi connectivity index (χ1) is 9.67. The number of amides is 1. The van der Waals surface area contributed by atoms with Gasteiger partial charge in [-0.2, -0.15) is 9.50 Å². The molecule has 0 aliphatic heterocycles. The molecule has 3 aromatic heterocycles. The number of carbonyl (C=O) groups is 1. The molecule has 8 nitrogen and oxygen atoms in total. The van der Waals surface area contributed by atoms with Crippen molar-refractivity contribution in [1.82, 2.24) is 19.6 Å². The predicted octanol–water partition coefficient (Wildman–Crippen LogP) is 0.825. The van der Waals surface area contributed by atoms with Gasteiger partial charge in [-0.1, -0.05) is 6.92 Å². The van der Waals surface area contributed by atoms with Crippen LogP contribution in [0.15, 0.2) is 33.7 Å². The largest absolute Gasteiger partial charge is 0.459 e. The second-order valence-electron chi connectivity index (χ2n) is 4.07. The summed E-state index contributed by atoms with van der Waals surface area (Å²) in [5, 5.41) is 6.77. The first-order valence-corrected chi connectivity index (χ1v) is 6.01. The maximum atomic E-state index is 11.9. The summed E-state index contributed by atoms with van der Waals surface area (Å²) in [6.07, 6.45) is 2.02. The highest BCUT2D eigenvalue weighted by Gasteiger charge is 2.13. The predicted molar refractivity (Wildman–Crippen MR) is 69.6 cm³/mol. The average molecular weight is 273 g/mol. The summed E-state index contributed by atoms with van der Waals surface area (Å²) >= 11 is 0. The van der Waals surface area contributed by atoms with Gasteiger partial charge in [-0.15, -0.1) is 5.10 Å². The fourth-order valence-electron chi connectivity index (χ4n) is 1.76. The van der Waals surface area contributed by atoms with Crippen molar-refractivity contribution >= 4 is 17.5 Å². The molecule has 3 aromatic rings. The van der Waals surface area contributed by atoms with Crippen molar-refractivity contribution in [3.8, 4) is 0 Å². The van der Waals surface area contributed by atoms with Gasteiger partial charge in [-0.3, -0.25) is 14.6 Å². The van der Waals surface area contributed by atoms with Gasteiger partial charge in [0.1, 0.15) is 5.82 Å². The van der Waals surface area contributed by atoms with E-state index in [2.05, 4.69) is 20.4 Å². The van der Waals surface area contributed by atoms with Gasteiger partial charge in [-0.05, 0) is 12.1 Å². The molecule has 20 heavy (non-hydrogen) atoms. The van der Waals surface area contributed by atoms with E-state index in [4.69, 9.17) is 4.42 Å². The quantitative estimate of drug-likeness (QED) is 0.735. The van der Waals surface area contributed by atoms with Gasteiger partial charge >= 0.3 is 0 Å². The molecule has 0 atom stereocenters. The van der Waals surface area contributed by atoms with Crippen molar-refractivity contribution in [1.29, 1.82) is 0 Å². The number of aromatic amines is 1. The first kappa shape index (κ1) is 12.2. The van der Waals surface area contributed by atoms with Crippen LogP contribution in [0.5, 0.6) is 0 Å². The molecular formula is C12H11N5O3. The molecule has 0 saturated heterocycles. The Balaban J connectivity index is 2.04. The van der Waals surface area contributed by atoms with Gasteiger partial charge in [0.2, 0.25) is 5.78 Å². The Kier molecular flexibility index (Phi) is 2.82. The Labute approximate surface area is 112 Å². The van der Waals surface area contributed by atoms with Gasteiger partial charge in [0.05, 0.1) is 6.26 Å². The summed E-state index contributed by atoms with van der Waals surface area (Å²) in [6, 6.07) is 4.37. The lowest BCUT2D eigenvalue weighted by Crippen LogP contribution is -2.18. The van der Waals surface area contributed by atoms with E-state index in [1.165, 1.54) is 22.9 Å². The Morgan fingerprint density at radius 1 is 1.55 bits per heavy atom. The summed E-state index contributed by atoms with van der Waals surface area (Å²) in [4.78, 5) is 30.2. The normalized spacial score (nSPS) is 10.8. The Hall–Kier alpha value is -2.90. The van der Waals surface area contributed by atoms with E-state index in [1.54, 1.807) is 6.07 Å². The SMILES string of the molecule is CCc1nc2[nH]c(=O)cc(NC(=O)c3ccco3)n2n1. The molecule has 0 aliphatic rings. The molecule has 0 aromatic carbocycles. The van der Waals surface area contributed by atoms with E-state index in [0.29, 0.717) is 12.2 Å². The van der Waals surface area contributed by atoms with Crippen LogP contribution in [-0.4, -0.2) is 25.5 Å². The minimum Gasteiger partial charge on any atom is -0.459 e. The van der Waals surface area contributed by atoms with Crippen molar-refractivity contribution in [2.45, 2.75) is 13.3 Å². The molecule has 102 valence electrons. The van der Waals surface area contributed by atoms with Gasteiger partial charge in [-0.25, -0.2) is 0 Å². The number of rotatable bonds is 3. The van der Waals surface area contributed by atoms with E-state index in [9.17, 15) is 9.59 Å². The van der Waals surface area contributed by atoms with Crippen molar-refractivity contribution < 1.29 is 9.21 Å². The first-order valence-electron chi connectivity index (χ1n) is 6.01. The zero-order valence-corrected chi connectivity index (χ0v) is 10.6. The third-order valence-corrected chi connectivity index (χ3v) is 2.68. The molecule has 1 amide bonds. The Morgan fingerprint density at radius 3 is 3.10 bits per heavy atom. The topological polar surface area (TPSA) is 105 Å². The zero-order valence-electron chi connectivity index (χ0n) is 10.6. The van der Waals surface area contributed by atoms with E-state index in [0.717, 1.165) is 0 Å². The number of fused-ring (bicyclic) bond motifs is 1. The number of nitrogens with zero attached hydrogens (tertiary/aromatic N) is 3. The lowest BCUT2D eigenvalue weighted by atomic mass is 10.4. The van der Waals surface area contributed by atoms with Crippen LogP contribution in [0.1, 0.15) is 23.3 Å². The number of anilines is 1. The monoisotopic (exact) mass is 273 g/mol. The third kappa shape index (κ3) is 2.07. The Morgan fingerprint density at radius 2 is 2.40 bits per heavy atom. The highest BCUT2D eigenvalue weighted by Crippen LogP contribution is 2.09. The molecule has 0 fully saturated rings. The van der Waals surface area contributed by atoms with Crippen LogP contribution in [-0.2, 0) is 6.42 Å². The summed E-state index contributed by atoms with van der Waals surface area (Å²) in [5.41, 5.74) is -0.373. The van der Waals surface area contributed by atoms with E-state index in [-0.39, 0.29) is 22.9 Å². The minimum atomic E-state index is -0.463. The molecule has 0 aliphatic carbocycles. The lowest BCUT2D eigenvalue weighted by molar-refractivity contribution is 0.0996. The van der Waals surface area contributed by atoms with E-state index in [1.807, 2.05) is 6.92 Å². The van der Waals surface area contributed by atoms with Crippen LogP contribution >= 0.6 is 0 Å². The van der Waals surface area contributed by atoms with Gasteiger partial charge in [0.25, 0.3) is 11.5 Å². The molecule has 0 saturated carbocycles. The highest BCUT2D eigenvalue weighted by atomic mass is 16.3. The number of furan rings is 1. The number of aryl methyl sites for hydroxylation is 1. The number of hydrogen-bond acceptors (Lipinski definition) is 5. The van der Waals surface area contributed by atoms with E-state index < -0.39 is 5.91 Å². The van der Waals surface area contributed by atoms with Crippen LogP contribution in [0.4, 0.5) is 5.82 Å². The standard InChI is InChI=1S/C12H11N5O3/c1-2-8-13-12-15-10(18)6-9(17(12)16-8)14-11(19)7-4-3-5-20-7/h3-6H,2H2,1H3,(H,14,19)(H,13,15,16,18). The second-order valence-corrected chi connectivity index (χ2v) is 4.07. The summed E-state index contributed by atoms with van der Waals surface area (Å²) < 4.78 is 6.37. The number of H-pyrrole nitrogens is 1. The number of nitrogens with one attached hydrogen (secondary N) is 2. The van der Waals surface area contributed by atoms with Crippen LogP contribution in [0.2, 0.25) is 0 Å². The summed E-state index contributed by atoms with van der Waals surface area (Å²) in [7, 11) is 0. The van der Waals surface area contributed by atoms with Gasteiger partial charge in [0.15, 0.2) is 11.6 Å². The molecular weight excluding hydrogens is 262 g/mol. The van der Waals surface area contributed by atoms with Crippen molar-refractivity contribution in [2.24, 2.45) is 0 Å². The smallest absolute Gasteiger partial charge is 0.292 e. The van der Waals surface area contributed by atoms with Crippen LogP contribution in [0, 0.1) is 0 Å². The van der Waals surface area contributed by atoms with E-state index >= 15 is 0 Å². The van der Waals surface area contributed by atoms with Crippen LogP contribution < -0.4 is 10.9 Å². The van der Waals surface area contributed by atoms with Crippen LogP contribution in [0.3, 0.4) is 0 Å². The molecule has 0 spiro atoms. The zero-order chi connectivity index (χ0) is 14.1. The van der Waals surface area contributed by atoms with Gasteiger partial charge in [0, 0.05) is 12.5 Å². The fourth-order valence-corrected chi connectivity index (χ4v) is 1.76. The number of aromatic nitrogens is 4. The van der Waals surface area contributed by atoms with Crippen LogP contribution in [0.25, 0.3) is 5.78 Å². The third-order valence-electron chi connectivity index (χ3n) is 2.68. The van der Waals surface area contributed by atoms with Crippen molar-refractivity contribution in [3.63, 3.8) is 0 Å². The number of hydrogen-bond donors (Lipinski definition) is 2. The molecule has 8 heteroatoms. The summed E-state index contributed by atoms with van der Waals surface area (Å²) in [6.45, 7) is 1.90.